The summed E-state index contributed by atoms with van der Waals surface area (Å²) in [6, 6.07) is 6.09. The zero-order valence-electron chi connectivity index (χ0n) is 16.1. The van der Waals surface area contributed by atoms with Gasteiger partial charge in [-0.1, -0.05) is 19.3 Å². The van der Waals surface area contributed by atoms with Crippen LogP contribution in [0.2, 0.25) is 0 Å². The topological polar surface area (TPSA) is 61.4 Å². The lowest BCUT2D eigenvalue weighted by molar-refractivity contribution is -0.122. The molecular weight excluding hydrogens is 338 g/mol. The molecule has 146 valence electrons. The van der Waals surface area contributed by atoms with E-state index in [0.717, 1.165) is 75.0 Å². The van der Waals surface area contributed by atoms with Crippen LogP contribution in [-0.4, -0.2) is 30.9 Å². The Hall–Kier alpha value is -2.04. The Morgan fingerprint density at radius 1 is 0.889 bits per heavy atom. The molecular formula is C22H31N3O2. The molecule has 2 aliphatic carbocycles. The molecule has 0 spiro atoms. The number of nitrogens with one attached hydrogen (secondary N) is 2. The Labute approximate surface area is 161 Å². The summed E-state index contributed by atoms with van der Waals surface area (Å²) >= 11 is 0. The molecule has 1 aromatic carbocycles. The molecule has 4 rings (SSSR count). The van der Waals surface area contributed by atoms with Crippen LogP contribution in [0.3, 0.4) is 0 Å². The fourth-order valence-electron chi connectivity index (χ4n) is 4.45. The maximum absolute atomic E-state index is 12.9. The lowest BCUT2D eigenvalue weighted by atomic mass is 9.85. The third kappa shape index (κ3) is 4.28. The first-order valence-electron chi connectivity index (χ1n) is 10.7. The van der Waals surface area contributed by atoms with Crippen LogP contribution in [-0.2, 0) is 4.79 Å². The van der Waals surface area contributed by atoms with Gasteiger partial charge in [0.15, 0.2) is 0 Å². The van der Waals surface area contributed by atoms with Crippen LogP contribution in [0.25, 0.3) is 0 Å². The van der Waals surface area contributed by atoms with Crippen molar-refractivity contribution in [2.75, 3.05) is 23.3 Å². The Balaban J connectivity index is 1.54. The van der Waals surface area contributed by atoms with Gasteiger partial charge < -0.3 is 15.5 Å². The summed E-state index contributed by atoms with van der Waals surface area (Å²) in [6.07, 6.45) is 11.3. The fourth-order valence-corrected chi connectivity index (χ4v) is 4.45. The fraction of sp³-hybridized carbons (Fsp3) is 0.636. The van der Waals surface area contributed by atoms with E-state index in [9.17, 15) is 9.59 Å². The highest BCUT2D eigenvalue weighted by atomic mass is 16.2. The molecule has 2 saturated carbocycles. The molecule has 0 unspecified atom stereocenters. The molecule has 1 aliphatic heterocycles. The van der Waals surface area contributed by atoms with Crippen LogP contribution in [0.4, 0.5) is 11.4 Å². The van der Waals surface area contributed by atoms with Crippen LogP contribution < -0.4 is 15.5 Å². The molecule has 0 atom stereocenters. The van der Waals surface area contributed by atoms with Crippen molar-refractivity contribution in [3.8, 4) is 0 Å². The van der Waals surface area contributed by atoms with Crippen molar-refractivity contribution in [3.05, 3.63) is 23.8 Å². The average Bonchev–Trinajstić information content (AvgIpc) is 3.14. The molecule has 1 heterocycles. The summed E-state index contributed by atoms with van der Waals surface area (Å²) in [4.78, 5) is 27.6. The van der Waals surface area contributed by atoms with Gasteiger partial charge in [-0.3, -0.25) is 9.59 Å². The van der Waals surface area contributed by atoms with E-state index in [1.165, 1.54) is 19.3 Å². The summed E-state index contributed by atoms with van der Waals surface area (Å²) in [5.74, 6) is 0.308. The van der Waals surface area contributed by atoms with E-state index in [-0.39, 0.29) is 17.7 Å². The van der Waals surface area contributed by atoms with Crippen LogP contribution in [0.1, 0.15) is 74.6 Å². The highest BCUT2D eigenvalue weighted by Gasteiger charge is 2.26. The zero-order valence-corrected chi connectivity index (χ0v) is 16.1. The van der Waals surface area contributed by atoms with Crippen LogP contribution in [0, 0.1) is 5.92 Å². The first kappa shape index (κ1) is 18.3. The van der Waals surface area contributed by atoms with E-state index >= 15 is 0 Å². The number of carbonyl (C=O) groups is 2. The largest absolute Gasteiger partial charge is 0.371 e. The first-order valence-corrected chi connectivity index (χ1v) is 10.7. The number of hydrogen-bond acceptors (Lipinski definition) is 3. The molecule has 0 bridgehead atoms. The summed E-state index contributed by atoms with van der Waals surface area (Å²) < 4.78 is 0. The minimum atomic E-state index is 0.0272. The number of carbonyl (C=O) groups excluding carboxylic acids is 2. The third-order valence-electron chi connectivity index (χ3n) is 6.37. The number of anilines is 2. The molecule has 0 radical (unpaired) electrons. The van der Waals surface area contributed by atoms with Gasteiger partial charge in [-0.05, 0) is 63.1 Å². The van der Waals surface area contributed by atoms with Crippen molar-refractivity contribution < 1.29 is 9.59 Å². The van der Waals surface area contributed by atoms with E-state index < -0.39 is 0 Å². The predicted octanol–water partition coefficient (Wildman–Crippen LogP) is 4.09. The number of nitrogens with zero attached hydrogens (tertiary/aromatic N) is 1. The summed E-state index contributed by atoms with van der Waals surface area (Å²) in [5, 5.41) is 6.28. The number of benzene rings is 1. The molecule has 0 aromatic heterocycles. The number of amides is 2. The van der Waals surface area contributed by atoms with Crippen molar-refractivity contribution in [1.29, 1.82) is 0 Å². The van der Waals surface area contributed by atoms with Gasteiger partial charge in [0.05, 0.1) is 11.3 Å². The molecule has 1 aromatic rings. The molecule has 3 fully saturated rings. The number of hydrogen-bond donors (Lipinski definition) is 2. The number of piperidine rings is 1. The SMILES string of the molecule is O=C(NC1CCCC1)c1ccc(NC(=O)C2CCC2)cc1N1CCCCC1. The Kier molecular flexibility index (Phi) is 5.65. The lowest BCUT2D eigenvalue weighted by Gasteiger charge is -2.31. The van der Waals surface area contributed by atoms with Crippen molar-refractivity contribution in [1.82, 2.24) is 5.32 Å². The Morgan fingerprint density at radius 2 is 1.63 bits per heavy atom. The van der Waals surface area contributed by atoms with Gasteiger partial charge in [-0.15, -0.1) is 0 Å². The molecule has 1 saturated heterocycles. The van der Waals surface area contributed by atoms with Crippen LogP contribution >= 0.6 is 0 Å². The normalized spacial score (nSPS) is 21.0. The van der Waals surface area contributed by atoms with Crippen molar-refractivity contribution in [3.63, 3.8) is 0 Å². The quantitative estimate of drug-likeness (QED) is 0.822. The highest BCUT2D eigenvalue weighted by molar-refractivity contribution is 6.02. The second-order valence-corrected chi connectivity index (χ2v) is 8.35. The Bertz CT molecular complexity index is 687. The predicted molar refractivity (Wildman–Crippen MR) is 108 cm³/mol. The van der Waals surface area contributed by atoms with E-state index in [0.29, 0.717) is 6.04 Å². The monoisotopic (exact) mass is 369 g/mol. The van der Waals surface area contributed by atoms with Gasteiger partial charge in [0, 0.05) is 30.7 Å². The van der Waals surface area contributed by atoms with Gasteiger partial charge in [0.2, 0.25) is 5.91 Å². The van der Waals surface area contributed by atoms with Gasteiger partial charge in [-0.25, -0.2) is 0 Å². The molecule has 2 amide bonds. The molecule has 5 heteroatoms. The minimum absolute atomic E-state index is 0.0272. The molecule has 5 nitrogen and oxygen atoms in total. The van der Waals surface area contributed by atoms with Gasteiger partial charge in [0.25, 0.3) is 5.91 Å². The smallest absolute Gasteiger partial charge is 0.253 e. The maximum Gasteiger partial charge on any atom is 0.253 e. The van der Waals surface area contributed by atoms with E-state index in [1.807, 2.05) is 18.2 Å². The maximum atomic E-state index is 12.9. The summed E-state index contributed by atoms with van der Waals surface area (Å²) in [5.41, 5.74) is 2.52. The standard InChI is InChI=1S/C22H31N3O2/c26-21(16-7-6-8-16)24-18-11-12-19(22(27)23-17-9-2-3-10-17)20(15-18)25-13-4-1-5-14-25/h11-12,15-17H,1-10,13-14H2,(H,23,27)(H,24,26). The van der Waals surface area contributed by atoms with Gasteiger partial charge in [-0.2, -0.15) is 0 Å². The second kappa shape index (κ2) is 8.32. The molecule has 3 aliphatic rings. The van der Waals surface area contributed by atoms with Crippen LogP contribution in [0.5, 0.6) is 0 Å². The first-order chi connectivity index (χ1) is 13.2. The van der Waals surface area contributed by atoms with Crippen molar-refractivity contribution >= 4 is 23.2 Å². The van der Waals surface area contributed by atoms with Gasteiger partial charge >= 0.3 is 0 Å². The summed E-state index contributed by atoms with van der Waals surface area (Å²) in [6.45, 7) is 1.95. The van der Waals surface area contributed by atoms with E-state index in [1.54, 1.807) is 0 Å². The van der Waals surface area contributed by atoms with E-state index in [2.05, 4.69) is 15.5 Å². The number of rotatable bonds is 5. The minimum Gasteiger partial charge on any atom is -0.371 e. The van der Waals surface area contributed by atoms with Gasteiger partial charge in [0.1, 0.15) is 0 Å². The zero-order chi connectivity index (χ0) is 18.6. The lowest BCUT2D eigenvalue weighted by Crippen LogP contribution is -2.36. The average molecular weight is 370 g/mol. The van der Waals surface area contributed by atoms with Crippen molar-refractivity contribution in [2.45, 2.75) is 70.3 Å². The second-order valence-electron chi connectivity index (χ2n) is 8.35. The summed E-state index contributed by atoms with van der Waals surface area (Å²) in [7, 11) is 0. The molecule has 2 N–H and O–H groups in total. The molecule has 27 heavy (non-hydrogen) atoms. The Morgan fingerprint density at radius 3 is 2.30 bits per heavy atom. The third-order valence-corrected chi connectivity index (χ3v) is 6.37. The van der Waals surface area contributed by atoms with Crippen LogP contribution in [0.15, 0.2) is 18.2 Å². The highest BCUT2D eigenvalue weighted by Crippen LogP contribution is 2.31. The van der Waals surface area contributed by atoms with Crippen molar-refractivity contribution in [2.24, 2.45) is 5.92 Å². The van der Waals surface area contributed by atoms with E-state index in [4.69, 9.17) is 0 Å².